The number of halogens is 1. The molecule has 0 heterocycles. The number of carbonyl (C=O) groups is 1. The fourth-order valence-electron chi connectivity index (χ4n) is 3.26. The van der Waals surface area contributed by atoms with Gasteiger partial charge in [-0.2, -0.15) is 0 Å². The number of ether oxygens (including phenoxy) is 1. The number of hydrogen-bond donors (Lipinski definition) is 1. The van der Waals surface area contributed by atoms with Crippen molar-refractivity contribution in [3.05, 3.63) is 29.6 Å². The van der Waals surface area contributed by atoms with Gasteiger partial charge in [-0.25, -0.2) is 9.18 Å². The van der Waals surface area contributed by atoms with Crippen molar-refractivity contribution in [3.63, 3.8) is 0 Å². The highest BCUT2D eigenvalue weighted by Gasteiger charge is 2.32. The number of methoxy groups -OCH3 is 1. The molecule has 1 aromatic carbocycles. The molecule has 1 aromatic rings. The van der Waals surface area contributed by atoms with Crippen molar-refractivity contribution in [3.8, 4) is 0 Å². The van der Waals surface area contributed by atoms with Gasteiger partial charge in [-0.15, -0.1) is 0 Å². The minimum Gasteiger partial charge on any atom is -0.465 e. The van der Waals surface area contributed by atoms with E-state index < -0.39 is 11.8 Å². The Balaban J connectivity index is 2.12. The SMILES string of the molecule is COC(=O)c1cc(NC2CCC(C)(C)CC2C)ccc1F. The summed E-state index contributed by atoms with van der Waals surface area (Å²) in [5, 5.41) is 3.44. The van der Waals surface area contributed by atoms with Gasteiger partial charge in [-0.1, -0.05) is 20.8 Å². The van der Waals surface area contributed by atoms with Crippen molar-refractivity contribution in [2.24, 2.45) is 11.3 Å². The van der Waals surface area contributed by atoms with Crippen LogP contribution in [-0.2, 0) is 4.74 Å². The van der Waals surface area contributed by atoms with Crippen LogP contribution in [0.15, 0.2) is 18.2 Å². The van der Waals surface area contributed by atoms with Crippen LogP contribution < -0.4 is 5.32 Å². The minimum atomic E-state index is -0.644. The Hall–Kier alpha value is -1.58. The molecular weight excluding hydrogens is 269 g/mol. The second-order valence-corrected chi connectivity index (χ2v) is 6.82. The van der Waals surface area contributed by atoms with Gasteiger partial charge in [0.15, 0.2) is 0 Å². The van der Waals surface area contributed by atoms with E-state index in [1.54, 1.807) is 6.07 Å². The van der Waals surface area contributed by atoms with E-state index in [0.717, 1.165) is 18.5 Å². The lowest BCUT2D eigenvalue weighted by molar-refractivity contribution is 0.0595. The molecule has 1 aliphatic carbocycles. The van der Waals surface area contributed by atoms with Gasteiger partial charge in [0.05, 0.1) is 12.7 Å². The number of nitrogens with one attached hydrogen (secondary N) is 1. The number of esters is 1. The lowest BCUT2D eigenvalue weighted by atomic mass is 9.70. The fourth-order valence-corrected chi connectivity index (χ4v) is 3.26. The van der Waals surface area contributed by atoms with Crippen LogP contribution in [-0.4, -0.2) is 19.1 Å². The van der Waals surface area contributed by atoms with Crippen LogP contribution in [0.4, 0.5) is 10.1 Å². The summed E-state index contributed by atoms with van der Waals surface area (Å²) in [4.78, 5) is 11.5. The van der Waals surface area contributed by atoms with Gasteiger partial charge in [-0.05, 0) is 48.8 Å². The third-order valence-corrected chi connectivity index (χ3v) is 4.42. The van der Waals surface area contributed by atoms with Crippen LogP contribution in [0.5, 0.6) is 0 Å². The summed E-state index contributed by atoms with van der Waals surface area (Å²) in [7, 11) is 1.26. The molecule has 116 valence electrons. The molecule has 0 bridgehead atoms. The normalized spacial score (nSPS) is 24.4. The largest absolute Gasteiger partial charge is 0.465 e. The highest BCUT2D eigenvalue weighted by molar-refractivity contribution is 5.90. The van der Waals surface area contributed by atoms with E-state index in [-0.39, 0.29) is 5.56 Å². The first-order valence-electron chi connectivity index (χ1n) is 7.47. The zero-order chi connectivity index (χ0) is 15.6. The van der Waals surface area contributed by atoms with Gasteiger partial charge in [0.1, 0.15) is 5.82 Å². The molecule has 1 aliphatic rings. The Labute approximate surface area is 125 Å². The lowest BCUT2D eigenvalue weighted by Crippen LogP contribution is -2.36. The van der Waals surface area contributed by atoms with E-state index in [1.807, 2.05) is 0 Å². The summed E-state index contributed by atoms with van der Waals surface area (Å²) in [6, 6.07) is 4.88. The van der Waals surface area contributed by atoms with E-state index in [1.165, 1.54) is 25.7 Å². The second kappa shape index (κ2) is 6.04. The van der Waals surface area contributed by atoms with Crippen LogP contribution in [0.1, 0.15) is 50.4 Å². The predicted octanol–water partition coefficient (Wildman–Crippen LogP) is 4.24. The van der Waals surface area contributed by atoms with Gasteiger partial charge in [-0.3, -0.25) is 0 Å². The third-order valence-electron chi connectivity index (χ3n) is 4.42. The number of benzene rings is 1. The summed E-state index contributed by atoms with van der Waals surface area (Å²) in [5.74, 6) is -0.653. The van der Waals surface area contributed by atoms with Crippen molar-refractivity contribution in [2.75, 3.05) is 12.4 Å². The Morgan fingerprint density at radius 1 is 1.43 bits per heavy atom. The highest BCUT2D eigenvalue weighted by Crippen LogP contribution is 2.39. The van der Waals surface area contributed by atoms with Crippen molar-refractivity contribution in [1.29, 1.82) is 0 Å². The summed E-state index contributed by atoms with van der Waals surface area (Å²) < 4.78 is 18.2. The number of rotatable bonds is 3. The molecule has 0 amide bonds. The first kappa shape index (κ1) is 15.8. The topological polar surface area (TPSA) is 38.3 Å². The highest BCUT2D eigenvalue weighted by atomic mass is 19.1. The van der Waals surface area contributed by atoms with Crippen LogP contribution in [0.2, 0.25) is 0 Å². The van der Waals surface area contributed by atoms with E-state index in [4.69, 9.17) is 0 Å². The average Bonchev–Trinajstić information content (AvgIpc) is 2.42. The smallest absolute Gasteiger partial charge is 0.340 e. The summed E-state index contributed by atoms with van der Waals surface area (Å²) in [5.41, 5.74) is 1.14. The molecule has 2 unspecified atom stereocenters. The average molecular weight is 293 g/mol. The summed E-state index contributed by atoms with van der Waals surface area (Å²) in [6.07, 6.45) is 3.41. The van der Waals surface area contributed by atoms with Gasteiger partial charge < -0.3 is 10.1 Å². The molecule has 1 fully saturated rings. The summed E-state index contributed by atoms with van der Waals surface area (Å²) >= 11 is 0. The van der Waals surface area contributed by atoms with Gasteiger partial charge >= 0.3 is 5.97 Å². The molecule has 21 heavy (non-hydrogen) atoms. The first-order chi connectivity index (χ1) is 9.82. The van der Waals surface area contributed by atoms with Crippen LogP contribution in [0, 0.1) is 17.2 Å². The predicted molar refractivity (Wildman–Crippen MR) is 81.9 cm³/mol. The molecule has 2 atom stereocenters. The van der Waals surface area contributed by atoms with Crippen molar-refractivity contribution in [2.45, 2.75) is 46.1 Å². The Morgan fingerprint density at radius 3 is 2.76 bits per heavy atom. The maximum absolute atomic E-state index is 13.6. The number of carbonyl (C=O) groups excluding carboxylic acids is 1. The minimum absolute atomic E-state index is 0.0220. The van der Waals surface area contributed by atoms with Gasteiger partial charge in [0.2, 0.25) is 0 Å². The Bertz CT molecular complexity index is 528. The van der Waals surface area contributed by atoms with Gasteiger partial charge in [0, 0.05) is 11.7 Å². The molecule has 2 rings (SSSR count). The number of anilines is 1. The first-order valence-corrected chi connectivity index (χ1v) is 7.47. The molecule has 0 radical (unpaired) electrons. The standard InChI is InChI=1S/C17H24FNO2/c1-11-10-17(2,3)8-7-15(11)19-12-5-6-14(18)13(9-12)16(20)21-4/h5-6,9,11,15,19H,7-8,10H2,1-4H3. The molecule has 0 saturated heterocycles. The van der Waals surface area contributed by atoms with Crippen LogP contribution >= 0.6 is 0 Å². The molecule has 4 heteroatoms. The molecule has 0 spiro atoms. The fraction of sp³-hybridized carbons (Fsp3) is 0.588. The van der Waals surface area contributed by atoms with E-state index in [9.17, 15) is 9.18 Å². The maximum Gasteiger partial charge on any atom is 0.340 e. The van der Waals surface area contributed by atoms with Crippen molar-refractivity contribution in [1.82, 2.24) is 0 Å². The second-order valence-electron chi connectivity index (χ2n) is 6.82. The van der Waals surface area contributed by atoms with Crippen LogP contribution in [0.3, 0.4) is 0 Å². The maximum atomic E-state index is 13.6. The molecule has 0 aromatic heterocycles. The zero-order valence-electron chi connectivity index (χ0n) is 13.2. The van der Waals surface area contributed by atoms with Crippen LogP contribution in [0.25, 0.3) is 0 Å². The molecular formula is C17H24FNO2. The quantitative estimate of drug-likeness (QED) is 0.847. The monoisotopic (exact) mass is 293 g/mol. The molecule has 3 nitrogen and oxygen atoms in total. The van der Waals surface area contributed by atoms with E-state index >= 15 is 0 Å². The Morgan fingerprint density at radius 2 is 2.14 bits per heavy atom. The lowest BCUT2D eigenvalue weighted by Gasteiger charge is -2.40. The van der Waals surface area contributed by atoms with E-state index in [0.29, 0.717) is 17.4 Å². The Kier molecular flexibility index (Phi) is 4.55. The van der Waals surface area contributed by atoms with Gasteiger partial charge in [0.25, 0.3) is 0 Å². The summed E-state index contributed by atoms with van der Waals surface area (Å²) in [6.45, 7) is 6.84. The van der Waals surface area contributed by atoms with Crippen molar-refractivity contribution >= 4 is 11.7 Å². The third kappa shape index (κ3) is 3.74. The number of hydrogen-bond acceptors (Lipinski definition) is 3. The molecule has 1 N–H and O–H groups in total. The molecule has 1 saturated carbocycles. The van der Waals surface area contributed by atoms with Crippen molar-refractivity contribution < 1.29 is 13.9 Å². The zero-order valence-corrected chi connectivity index (χ0v) is 13.2. The van der Waals surface area contributed by atoms with E-state index in [2.05, 4.69) is 30.8 Å². The molecule has 0 aliphatic heterocycles.